The van der Waals surface area contributed by atoms with Crippen molar-refractivity contribution in [1.29, 1.82) is 0 Å². The van der Waals surface area contributed by atoms with Crippen molar-refractivity contribution in [2.45, 2.75) is 31.9 Å². The molecule has 2 N–H and O–H groups in total. The van der Waals surface area contributed by atoms with Gasteiger partial charge in [0.1, 0.15) is 5.82 Å². The van der Waals surface area contributed by atoms with Gasteiger partial charge in [-0.3, -0.25) is 0 Å². The van der Waals surface area contributed by atoms with Gasteiger partial charge < -0.3 is 15.3 Å². The third-order valence-corrected chi connectivity index (χ3v) is 3.31. The van der Waals surface area contributed by atoms with Crippen molar-refractivity contribution in [3.8, 4) is 0 Å². The molecule has 1 aliphatic rings. The Morgan fingerprint density at radius 3 is 2.70 bits per heavy atom. The minimum Gasteiger partial charge on any atom is -0.395 e. The van der Waals surface area contributed by atoms with Crippen LogP contribution in [0.15, 0.2) is 18.2 Å². The fourth-order valence-corrected chi connectivity index (χ4v) is 2.15. The molecular weight excluding hydrogens is 269 g/mol. The highest BCUT2D eigenvalue weighted by Gasteiger charge is 2.23. The van der Waals surface area contributed by atoms with Gasteiger partial charge in [0.05, 0.1) is 13.2 Å². The summed E-state index contributed by atoms with van der Waals surface area (Å²) in [6, 6.07) is 4.85. The highest BCUT2D eigenvalue weighted by molar-refractivity contribution is 5.54. The standard InChI is InChI=1S/C14H19F3N2O/c15-12-2-1-3-13(11(12)8-18-10-4-5-10)19(6-7-20)9-14(16)17/h1-3,10,14,18,20H,4-9H2. The summed E-state index contributed by atoms with van der Waals surface area (Å²) in [4.78, 5) is 1.33. The summed E-state index contributed by atoms with van der Waals surface area (Å²) in [5.74, 6) is -0.409. The average Bonchev–Trinajstić information content (AvgIpc) is 3.20. The van der Waals surface area contributed by atoms with Crippen LogP contribution >= 0.6 is 0 Å². The van der Waals surface area contributed by atoms with Crippen molar-refractivity contribution < 1.29 is 18.3 Å². The highest BCUT2D eigenvalue weighted by atomic mass is 19.3. The number of alkyl halides is 2. The molecule has 0 spiro atoms. The largest absolute Gasteiger partial charge is 0.395 e. The van der Waals surface area contributed by atoms with Crippen LogP contribution in [0.25, 0.3) is 0 Å². The van der Waals surface area contributed by atoms with E-state index in [1.807, 2.05) is 0 Å². The van der Waals surface area contributed by atoms with Gasteiger partial charge in [0.25, 0.3) is 6.43 Å². The first kappa shape index (κ1) is 15.1. The first-order valence-electron chi connectivity index (χ1n) is 6.76. The molecule has 20 heavy (non-hydrogen) atoms. The minimum atomic E-state index is -2.53. The molecule has 0 radical (unpaired) electrons. The zero-order valence-corrected chi connectivity index (χ0v) is 11.2. The monoisotopic (exact) mass is 288 g/mol. The lowest BCUT2D eigenvalue weighted by Gasteiger charge is -2.26. The van der Waals surface area contributed by atoms with Crippen molar-refractivity contribution in [3.63, 3.8) is 0 Å². The van der Waals surface area contributed by atoms with E-state index in [0.717, 1.165) is 12.8 Å². The maximum absolute atomic E-state index is 13.9. The zero-order chi connectivity index (χ0) is 14.5. The van der Waals surface area contributed by atoms with E-state index in [9.17, 15) is 13.2 Å². The van der Waals surface area contributed by atoms with Gasteiger partial charge in [-0.25, -0.2) is 13.2 Å². The van der Waals surface area contributed by atoms with Gasteiger partial charge in [0.2, 0.25) is 0 Å². The van der Waals surface area contributed by atoms with Crippen LogP contribution in [0, 0.1) is 5.82 Å². The Balaban J connectivity index is 2.19. The molecule has 0 heterocycles. The van der Waals surface area contributed by atoms with Gasteiger partial charge >= 0.3 is 0 Å². The molecule has 0 bridgehead atoms. The SMILES string of the molecule is OCCN(CC(F)F)c1cccc(F)c1CNC1CC1. The first-order valence-corrected chi connectivity index (χ1v) is 6.76. The van der Waals surface area contributed by atoms with E-state index < -0.39 is 18.8 Å². The van der Waals surface area contributed by atoms with Crippen LogP contribution in [-0.4, -0.2) is 37.3 Å². The second kappa shape index (κ2) is 6.95. The van der Waals surface area contributed by atoms with Crippen molar-refractivity contribution >= 4 is 5.69 Å². The molecule has 0 aromatic heterocycles. The number of hydrogen-bond acceptors (Lipinski definition) is 3. The topological polar surface area (TPSA) is 35.5 Å². The predicted octanol–water partition coefficient (Wildman–Crippen LogP) is 2.14. The van der Waals surface area contributed by atoms with E-state index in [0.29, 0.717) is 23.8 Å². The molecule has 0 saturated heterocycles. The molecule has 6 heteroatoms. The van der Waals surface area contributed by atoms with Crippen LogP contribution in [0.3, 0.4) is 0 Å². The normalized spacial score (nSPS) is 14.8. The Kier molecular flexibility index (Phi) is 5.25. The van der Waals surface area contributed by atoms with Gasteiger partial charge in [0, 0.05) is 30.4 Å². The molecule has 0 unspecified atom stereocenters. The number of nitrogens with one attached hydrogen (secondary N) is 1. The number of rotatable bonds is 8. The Morgan fingerprint density at radius 1 is 1.35 bits per heavy atom. The molecule has 0 amide bonds. The second-order valence-corrected chi connectivity index (χ2v) is 4.95. The van der Waals surface area contributed by atoms with E-state index in [1.54, 1.807) is 6.07 Å². The zero-order valence-electron chi connectivity index (χ0n) is 11.2. The highest BCUT2D eigenvalue weighted by Crippen LogP contribution is 2.26. The lowest BCUT2D eigenvalue weighted by molar-refractivity contribution is 0.152. The van der Waals surface area contributed by atoms with Crippen molar-refractivity contribution in [2.75, 3.05) is 24.6 Å². The third kappa shape index (κ3) is 4.11. The van der Waals surface area contributed by atoms with Gasteiger partial charge in [-0.15, -0.1) is 0 Å². The van der Waals surface area contributed by atoms with Gasteiger partial charge in [-0.1, -0.05) is 6.07 Å². The van der Waals surface area contributed by atoms with Crippen molar-refractivity contribution in [3.05, 3.63) is 29.6 Å². The Labute approximate surface area is 116 Å². The van der Waals surface area contributed by atoms with Crippen LogP contribution in [0.4, 0.5) is 18.9 Å². The number of halogens is 3. The minimum absolute atomic E-state index is 0.0597. The number of aliphatic hydroxyl groups excluding tert-OH is 1. The van der Waals surface area contributed by atoms with Crippen LogP contribution in [-0.2, 0) is 6.54 Å². The van der Waals surface area contributed by atoms with Crippen LogP contribution in [0.1, 0.15) is 18.4 Å². The van der Waals surface area contributed by atoms with Crippen LogP contribution < -0.4 is 10.2 Å². The number of aliphatic hydroxyl groups is 1. The summed E-state index contributed by atoms with van der Waals surface area (Å²) in [5.41, 5.74) is 0.806. The van der Waals surface area contributed by atoms with Gasteiger partial charge in [-0.05, 0) is 25.0 Å². The van der Waals surface area contributed by atoms with E-state index in [1.165, 1.54) is 17.0 Å². The molecule has 1 aromatic rings. The van der Waals surface area contributed by atoms with E-state index in [-0.39, 0.29) is 13.2 Å². The van der Waals surface area contributed by atoms with Gasteiger partial charge in [-0.2, -0.15) is 0 Å². The van der Waals surface area contributed by atoms with E-state index in [2.05, 4.69) is 5.32 Å². The maximum Gasteiger partial charge on any atom is 0.255 e. The summed E-state index contributed by atoms with van der Waals surface area (Å²) < 4.78 is 39.2. The predicted molar refractivity (Wildman–Crippen MR) is 71.6 cm³/mol. The molecule has 1 aliphatic carbocycles. The molecule has 0 atom stereocenters. The van der Waals surface area contributed by atoms with Gasteiger partial charge in [0.15, 0.2) is 0 Å². The maximum atomic E-state index is 13.9. The quantitative estimate of drug-likeness (QED) is 0.769. The average molecular weight is 288 g/mol. The summed E-state index contributed by atoms with van der Waals surface area (Å²) in [6.45, 7) is -0.388. The number of hydrogen-bond donors (Lipinski definition) is 2. The fraction of sp³-hybridized carbons (Fsp3) is 0.571. The van der Waals surface area contributed by atoms with Crippen molar-refractivity contribution in [1.82, 2.24) is 5.32 Å². The summed E-state index contributed by atoms with van der Waals surface area (Å²) in [7, 11) is 0. The molecule has 1 aromatic carbocycles. The second-order valence-electron chi connectivity index (χ2n) is 4.95. The lowest BCUT2D eigenvalue weighted by atomic mass is 10.1. The Bertz CT molecular complexity index is 438. The molecular formula is C14H19F3N2O. The summed E-state index contributed by atoms with van der Waals surface area (Å²) in [6.07, 6.45) is -0.392. The first-order chi connectivity index (χ1) is 9.61. The van der Waals surface area contributed by atoms with E-state index >= 15 is 0 Å². The Morgan fingerprint density at radius 2 is 2.10 bits per heavy atom. The fourth-order valence-electron chi connectivity index (χ4n) is 2.15. The van der Waals surface area contributed by atoms with Crippen LogP contribution in [0.5, 0.6) is 0 Å². The molecule has 112 valence electrons. The number of anilines is 1. The number of nitrogens with zero attached hydrogens (tertiary/aromatic N) is 1. The van der Waals surface area contributed by atoms with E-state index in [4.69, 9.17) is 5.11 Å². The molecule has 0 aliphatic heterocycles. The Hall–Kier alpha value is -1.27. The third-order valence-electron chi connectivity index (χ3n) is 3.31. The summed E-state index contributed by atoms with van der Waals surface area (Å²) >= 11 is 0. The number of benzene rings is 1. The summed E-state index contributed by atoms with van der Waals surface area (Å²) in [5, 5.41) is 12.2. The molecule has 3 nitrogen and oxygen atoms in total. The molecule has 1 saturated carbocycles. The molecule has 1 fully saturated rings. The smallest absolute Gasteiger partial charge is 0.255 e. The van der Waals surface area contributed by atoms with Crippen LogP contribution in [0.2, 0.25) is 0 Å². The van der Waals surface area contributed by atoms with Crippen molar-refractivity contribution in [2.24, 2.45) is 0 Å². The lowest BCUT2D eigenvalue weighted by Crippen LogP contribution is -2.33. The molecule has 2 rings (SSSR count).